The van der Waals surface area contributed by atoms with E-state index in [0.29, 0.717) is 5.56 Å². The molecule has 0 spiro atoms. The summed E-state index contributed by atoms with van der Waals surface area (Å²) in [5, 5.41) is 0. The fourth-order valence-corrected chi connectivity index (χ4v) is 1.64. The number of carbonyl (C=O) groups is 1. The molecule has 0 radical (unpaired) electrons. The van der Waals surface area contributed by atoms with Gasteiger partial charge in [0.25, 0.3) is 0 Å². The van der Waals surface area contributed by atoms with Crippen molar-refractivity contribution >= 4 is 5.91 Å². The monoisotopic (exact) mass is 266 g/mol. The molecular formula is C13H9F3N2O. The van der Waals surface area contributed by atoms with Crippen molar-refractivity contribution < 1.29 is 18.0 Å². The second-order valence-electron chi connectivity index (χ2n) is 3.96. The third kappa shape index (κ3) is 2.73. The van der Waals surface area contributed by atoms with Gasteiger partial charge in [0.05, 0.1) is 5.56 Å². The van der Waals surface area contributed by atoms with E-state index in [-0.39, 0.29) is 17.5 Å². The number of rotatable bonds is 3. The molecule has 0 saturated carbocycles. The molecule has 2 N–H and O–H groups in total. The lowest BCUT2D eigenvalue weighted by Crippen LogP contribution is -2.11. The molecule has 19 heavy (non-hydrogen) atoms. The molecule has 1 heterocycles. The number of hydrogen-bond acceptors (Lipinski definition) is 2. The molecule has 1 aromatic heterocycles. The van der Waals surface area contributed by atoms with Crippen LogP contribution in [0.5, 0.6) is 0 Å². The number of nitrogens with two attached hydrogens (primary N) is 1. The summed E-state index contributed by atoms with van der Waals surface area (Å²) in [5.41, 5.74) is 5.70. The Morgan fingerprint density at radius 3 is 2.58 bits per heavy atom. The maximum Gasteiger partial charge on any atom is 0.250 e. The van der Waals surface area contributed by atoms with Gasteiger partial charge in [-0.3, -0.25) is 9.78 Å². The fourth-order valence-electron chi connectivity index (χ4n) is 1.64. The summed E-state index contributed by atoms with van der Waals surface area (Å²) in [7, 11) is 0. The van der Waals surface area contributed by atoms with Crippen molar-refractivity contribution in [2.24, 2.45) is 5.73 Å². The van der Waals surface area contributed by atoms with Gasteiger partial charge >= 0.3 is 0 Å². The zero-order valence-corrected chi connectivity index (χ0v) is 9.66. The molecule has 0 aliphatic carbocycles. The van der Waals surface area contributed by atoms with Gasteiger partial charge in [-0.15, -0.1) is 0 Å². The summed E-state index contributed by atoms with van der Waals surface area (Å²) in [4.78, 5) is 14.8. The van der Waals surface area contributed by atoms with Crippen molar-refractivity contribution in [1.29, 1.82) is 0 Å². The molecule has 1 aromatic carbocycles. The molecule has 0 fully saturated rings. The predicted octanol–water partition coefficient (Wildman–Crippen LogP) is 2.19. The predicted molar refractivity (Wildman–Crippen MR) is 61.9 cm³/mol. The van der Waals surface area contributed by atoms with Gasteiger partial charge in [-0.05, 0) is 23.3 Å². The van der Waals surface area contributed by atoms with E-state index >= 15 is 0 Å². The van der Waals surface area contributed by atoms with Crippen molar-refractivity contribution in [3.8, 4) is 0 Å². The van der Waals surface area contributed by atoms with Crippen LogP contribution in [0.2, 0.25) is 0 Å². The summed E-state index contributed by atoms with van der Waals surface area (Å²) in [5.74, 6) is -4.67. The molecule has 1 amide bonds. The van der Waals surface area contributed by atoms with E-state index in [1.54, 1.807) is 0 Å². The van der Waals surface area contributed by atoms with E-state index in [4.69, 9.17) is 5.73 Å². The van der Waals surface area contributed by atoms with Gasteiger partial charge in [-0.25, -0.2) is 13.2 Å². The average molecular weight is 266 g/mol. The zero-order chi connectivity index (χ0) is 14.0. The molecule has 98 valence electrons. The minimum Gasteiger partial charge on any atom is -0.366 e. The van der Waals surface area contributed by atoms with Gasteiger partial charge in [0.1, 0.15) is 0 Å². The molecule has 0 atom stereocenters. The third-order valence-corrected chi connectivity index (χ3v) is 2.59. The number of primary amides is 1. The maximum atomic E-state index is 13.5. The third-order valence-electron chi connectivity index (χ3n) is 2.59. The summed E-state index contributed by atoms with van der Waals surface area (Å²) < 4.78 is 39.3. The van der Waals surface area contributed by atoms with Gasteiger partial charge < -0.3 is 5.73 Å². The lowest BCUT2D eigenvalue weighted by Gasteiger charge is -2.05. The molecular weight excluding hydrogens is 257 g/mol. The topological polar surface area (TPSA) is 56.0 Å². The van der Waals surface area contributed by atoms with Crippen LogP contribution in [0.4, 0.5) is 13.2 Å². The van der Waals surface area contributed by atoms with E-state index in [9.17, 15) is 18.0 Å². The summed E-state index contributed by atoms with van der Waals surface area (Å²) in [6.45, 7) is 0. The largest absolute Gasteiger partial charge is 0.366 e. The van der Waals surface area contributed by atoms with Crippen LogP contribution in [0.25, 0.3) is 0 Å². The molecule has 0 bridgehead atoms. The highest BCUT2D eigenvalue weighted by molar-refractivity contribution is 5.92. The maximum absolute atomic E-state index is 13.5. The fraction of sp³-hybridized carbons (Fsp3) is 0.0769. The Kier molecular flexibility index (Phi) is 3.50. The van der Waals surface area contributed by atoms with Crippen molar-refractivity contribution in [1.82, 2.24) is 4.98 Å². The van der Waals surface area contributed by atoms with E-state index in [1.165, 1.54) is 18.5 Å². The van der Waals surface area contributed by atoms with E-state index in [2.05, 4.69) is 4.98 Å². The average Bonchev–Trinajstić information content (AvgIpc) is 2.40. The highest BCUT2D eigenvalue weighted by atomic mass is 19.2. The first-order valence-corrected chi connectivity index (χ1v) is 5.35. The summed E-state index contributed by atoms with van der Waals surface area (Å²) in [6, 6.07) is 3.42. The van der Waals surface area contributed by atoms with Crippen LogP contribution in [0.3, 0.4) is 0 Å². The van der Waals surface area contributed by atoms with E-state index < -0.39 is 23.4 Å². The highest BCUT2D eigenvalue weighted by Gasteiger charge is 2.14. The SMILES string of the molecule is NC(=O)c1cncc(Cc2ccc(F)c(F)c2F)c1. The molecule has 0 aliphatic rings. The quantitative estimate of drug-likeness (QED) is 0.866. The van der Waals surface area contributed by atoms with Crippen LogP contribution >= 0.6 is 0 Å². The lowest BCUT2D eigenvalue weighted by molar-refractivity contribution is 0.1000. The molecule has 3 nitrogen and oxygen atoms in total. The lowest BCUT2D eigenvalue weighted by atomic mass is 10.0. The number of nitrogens with zero attached hydrogens (tertiary/aromatic N) is 1. The van der Waals surface area contributed by atoms with Gasteiger partial charge in [-0.1, -0.05) is 6.07 Å². The first-order valence-electron chi connectivity index (χ1n) is 5.35. The molecule has 2 rings (SSSR count). The Labute approximate surface area is 106 Å². The smallest absolute Gasteiger partial charge is 0.250 e. The molecule has 0 saturated heterocycles. The highest BCUT2D eigenvalue weighted by Crippen LogP contribution is 2.18. The van der Waals surface area contributed by atoms with Crippen molar-refractivity contribution in [2.45, 2.75) is 6.42 Å². The Hall–Kier alpha value is -2.37. The number of aromatic nitrogens is 1. The van der Waals surface area contributed by atoms with Crippen LogP contribution in [-0.4, -0.2) is 10.9 Å². The Bertz CT molecular complexity index is 644. The van der Waals surface area contributed by atoms with Crippen LogP contribution in [0.1, 0.15) is 21.5 Å². The first-order chi connectivity index (χ1) is 8.99. The number of hydrogen-bond donors (Lipinski definition) is 1. The van der Waals surface area contributed by atoms with Crippen LogP contribution in [0.15, 0.2) is 30.6 Å². The Morgan fingerprint density at radius 1 is 1.16 bits per heavy atom. The van der Waals surface area contributed by atoms with Gasteiger partial charge in [-0.2, -0.15) is 0 Å². The normalized spacial score (nSPS) is 10.5. The number of amides is 1. The number of halogens is 3. The zero-order valence-electron chi connectivity index (χ0n) is 9.66. The molecule has 6 heteroatoms. The second kappa shape index (κ2) is 5.09. The van der Waals surface area contributed by atoms with Crippen LogP contribution < -0.4 is 5.73 Å². The number of benzene rings is 1. The molecule has 0 aliphatic heterocycles. The standard InChI is InChI=1S/C13H9F3N2O/c14-10-2-1-8(11(15)12(10)16)3-7-4-9(13(17)19)6-18-5-7/h1-2,4-6H,3H2,(H2,17,19). The number of carbonyl (C=O) groups excluding carboxylic acids is 1. The van der Waals surface area contributed by atoms with Gasteiger partial charge in [0, 0.05) is 18.8 Å². The van der Waals surface area contributed by atoms with Crippen LogP contribution in [-0.2, 0) is 6.42 Å². The van der Waals surface area contributed by atoms with Gasteiger partial charge in [0.15, 0.2) is 17.5 Å². The Morgan fingerprint density at radius 2 is 1.89 bits per heavy atom. The molecule has 2 aromatic rings. The number of pyridine rings is 1. The minimum atomic E-state index is -1.52. The first kappa shape index (κ1) is 13.1. The van der Waals surface area contributed by atoms with Gasteiger partial charge in [0.2, 0.25) is 5.91 Å². The second-order valence-corrected chi connectivity index (χ2v) is 3.96. The molecule has 0 unspecified atom stereocenters. The van der Waals surface area contributed by atoms with Crippen LogP contribution in [0, 0.1) is 17.5 Å². The summed E-state index contributed by atoms with van der Waals surface area (Å²) in [6.07, 6.45) is 2.65. The van der Waals surface area contributed by atoms with Crippen molar-refractivity contribution in [2.75, 3.05) is 0 Å². The van der Waals surface area contributed by atoms with E-state index in [0.717, 1.165) is 12.1 Å². The minimum absolute atomic E-state index is 0.0167. The summed E-state index contributed by atoms with van der Waals surface area (Å²) >= 11 is 0. The van der Waals surface area contributed by atoms with Crippen molar-refractivity contribution in [3.05, 3.63) is 64.7 Å². The van der Waals surface area contributed by atoms with Crippen molar-refractivity contribution in [3.63, 3.8) is 0 Å². The Balaban J connectivity index is 2.34. The van der Waals surface area contributed by atoms with E-state index in [1.807, 2.05) is 0 Å².